The second-order valence-corrected chi connectivity index (χ2v) is 9.01. The molecule has 0 aliphatic heterocycles. The number of hydrogen-bond donors (Lipinski definition) is 3. The van der Waals surface area contributed by atoms with Crippen molar-refractivity contribution in [3.63, 3.8) is 0 Å². The summed E-state index contributed by atoms with van der Waals surface area (Å²) in [6.07, 6.45) is 5.52. The van der Waals surface area contributed by atoms with Crippen LogP contribution in [0, 0.1) is 0 Å². The van der Waals surface area contributed by atoms with Gasteiger partial charge in [0.1, 0.15) is 5.69 Å². The largest absolute Gasteiger partial charge is 0.392 e. The smallest absolute Gasteiger partial charge is 0.272 e. The van der Waals surface area contributed by atoms with Crippen LogP contribution in [0.2, 0.25) is 0 Å². The topological polar surface area (TPSA) is 86.9 Å². The third-order valence-electron chi connectivity index (χ3n) is 6.71. The Morgan fingerprint density at radius 2 is 1.79 bits per heavy atom. The lowest BCUT2D eigenvalue weighted by atomic mass is 9.92. The highest BCUT2D eigenvalue weighted by Crippen LogP contribution is 2.26. The van der Waals surface area contributed by atoms with E-state index in [1.165, 1.54) is 0 Å². The number of aromatic nitrogens is 2. The second-order valence-electron chi connectivity index (χ2n) is 9.01. The molecule has 0 saturated heterocycles. The van der Waals surface area contributed by atoms with Crippen LogP contribution in [-0.4, -0.2) is 37.9 Å². The van der Waals surface area contributed by atoms with Gasteiger partial charge in [0.25, 0.3) is 5.91 Å². The summed E-state index contributed by atoms with van der Waals surface area (Å²) >= 11 is 0. The molecule has 6 nitrogen and oxygen atoms in total. The Morgan fingerprint density at radius 3 is 2.59 bits per heavy atom. The Balaban J connectivity index is 1.39. The van der Waals surface area contributed by atoms with Crippen molar-refractivity contribution in [1.82, 2.24) is 14.9 Å². The van der Waals surface area contributed by atoms with Gasteiger partial charge >= 0.3 is 0 Å². The molecule has 34 heavy (non-hydrogen) atoms. The van der Waals surface area contributed by atoms with Crippen LogP contribution in [0.25, 0.3) is 16.6 Å². The van der Waals surface area contributed by atoms with Crippen molar-refractivity contribution in [3.8, 4) is 11.1 Å². The van der Waals surface area contributed by atoms with Crippen LogP contribution in [0.5, 0.6) is 0 Å². The molecule has 1 aliphatic rings. The van der Waals surface area contributed by atoms with Crippen molar-refractivity contribution >= 4 is 11.4 Å². The van der Waals surface area contributed by atoms with Crippen LogP contribution in [0.4, 0.5) is 0 Å². The average Bonchev–Trinajstić information content (AvgIpc) is 3.35. The van der Waals surface area contributed by atoms with Gasteiger partial charge < -0.3 is 15.5 Å². The SMILES string of the molecule is O=C(N[C@@H]1CCCC[C@H]1O)c1cc(Cc2ccc(-c3ccccc3CO)cc2)c2cccn2n1. The molecule has 0 bridgehead atoms. The molecular formula is C28H29N3O3. The van der Waals surface area contributed by atoms with Gasteiger partial charge in [0.2, 0.25) is 0 Å². The van der Waals surface area contributed by atoms with E-state index < -0.39 is 6.10 Å². The molecule has 2 heterocycles. The molecule has 2 aromatic heterocycles. The number of nitrogens with zero attached hydrogens (tertiary/aromatic N) is 2. The van der Waals surface area contributed by atoms with E-state index in [9.17, 15) is 15.0 Å². The molecule has 0 unspecified atom stereocenters. The summed E-state index contributed by atoms with van der Waals surface area (Å²) in [5, 5.41) is 27.4. The molecule has 1 amide bonds. The summed E-state index contributed by atoms with van der Waals surface area (Å²) in [6.45, 7) is 0.00383. The summed E-state index contributed by atoms with van der Waals surface area (Å²) in [5.41, 5.74) is 6.43. The number of benzene rings is 2. The van der Waals surface area contributed by atoms with Crippen molar-refractivity contribution < 1.29 is 15.0 Å². The van der Waals surface area contributed by atoms with Gasteiger partial charge in [-0.25, -0.2) is 4.52 Å². The lowest BCUT2D eigenvalue weighted by molar-refractivity contribution is 0.0713. The first kappa shape index (κ1) is 22.3. The molecular weight excluding hydrogens is 426 g/mol. The molecule has 1 aliphatic carbocycles. The minimum atomic E-state index is -0.498. The quantitative estimate of drug-likeness (QED) is 0.408. The number of carbonyl (C=O) groups is 1. The van der Waals surface area contributed by atoms with Gasteiger partial charge in [-0.3, -0.25) is 4.79 Å². The Kier molecular flexibility index (Phi) is 6.43. The van der Waals surface area contributed by atoms with Gasteiger partial charge in [0, 0.05) is 6.20 Å². The number of aliphatic hydroxyl groups is 2. The van der Waals surface area contributed by atoms with Gasteiger partial charge in [-0.15, -0.1) is 0 Å². The third kappa shape index (κ3) is 4.60. The molecule has 5 rings (SSSR count). The van der Waals surface area contributed by atoms with Gasteiger partial charge in [-0.2, -0.15) is 5.10 Å². The fourth-order valence-electron chi connectivity index (χ4n) is 4.83. The molecule has 174 valence electrons. The van der Waals surface area contributed by atoms with Crippen molar-refractivity contribution in [2.75, 3.05) is 0 Å². The molecule has 0 radical (unpaired) electrons. The highest BCUT2D eigenvalue weighted by Gasteiger charge is 2.25. The summed E-state index contributed by atoms with van der Waals surface area (Å²) in [7, 11) is 0. The van der Waals surface area contributed by atoms with Crippen LogP contribution < -0.4 is 5.32 Å². The van der Waals surface area contributed by atoms with Crippen LogP contribution in [-0.2, 0) is 13.0 Å². The van der Waals surface area contributed by atoms with E-state index in [2.05, 4.69) is 34.7 Å². The molecule has 1 saturated carbocycles. The number of hydrogen-bond acceptors (Lipinski definition) is 4. The highest BCUT2D eigenvalue weighted by atomic mass is 16.3. The molecule has 1 fully saturated rings. The first-order valence-corrected chi connectivity index (χ1v) is 11.9. The van der Waals surface area contributed by atoms with Gasteiger partial charge in [0.05, 0.1) is 24.3 Å². The summed E-state index contributed by atoms with van der Waals surface area (Å²) in [5.74, 6) is -0.251. The Hall–Kier alpha value is -3.48. The average molecular weight is 456 g/mol. The molecule has 3 N–H and O–H groups in total. The van der Waals surface area contributed by atoms with E-state index >= 15 is 0 Å². The zero-order chi connectivity index (χ0) is 23.5. The van der Waals surface area contributed by atoms with Gasteiger partial charge in [-0.1, -0.05) is 61.4 Å². The zero-order valence-electron chi connectivity index (χ0n) is 19.0. The Labute approximate surface area is 198 Å². The van der Waals surface area contributed by atoms with E-state index in [1.54, 1.807) is 4.52 Å². The third-order valence-corrected chi connectivity index (χ3v) is 6.71. The lowest BCUT2D eigenvalue weighted by Gasteiger charge is -2.28. The number of carbonyl (C=O) groups excluding carboxylic acids is 1. The van der Waals surface area contributed by atoms with E-state index in [1.807, 2.05) is 48.7 Å². The van der Waals surface area contributed by atoms with E-state index in [-0.39, 0.29) is 18.6 Å². The Morgan fingerprint density at radius 1 is 1.00 bits per heavy atom. The maximum atomic E-state index is 13.0. The van der Waals surface area contributed by atoms with Crippen molar-refractivity contribution in [2.24, 2.45) is 0 Å². The molecule has 4 aromatic rings. The van der Waals surface area contributed by atoms with Gasteiger partial charge in [0.15, 0.2) is 0 Å². The number of fused-ring (bicyclic) bond motifs is 1. The zero-order valence-corrected chi connectivity index (χ0v) is 19.0. The highest BCUT2D eigenvalue weighted by molar-refractivity contribution is 5.93. The summed E-state index contributed by atoms with van der Waals surface area (Å²) in [4.78, 5) is 13.0. The first-order chi connectivity index (χ1) is 16.6. The maximum Gasteiger partial charge on any atom is 0.272 e. The van der Waals surface area contributed by atoms with Crippen LogP contribution in [0.15, 0.2) is 72.9 Å². The number of aliphatic hydroxyl groups excluding tert-OH is 2. The Bertz CT molecular complexity index is 1300. The molecule has 0 spiro atoms. The van der Waals surface area contributed by atoms with Crippen LogP contribution in [0.3, 0.4) is 0 Å². The normalized spacial score (nSPS) is 18.2. The maximum absolute atomic E-state index is 13.0. The fraction of sp³-hybridized carbons (Fsp3) is 0.286. The van der Waals surface area contributed by atoms with Gasteiger partial charge in [-0.05, 0) is 65.3 Å². The lowest BCUT2D eigenvalue weighted by Crippen LogP contribution is -2.45. The van der Waals surface area contributed by atoms with Crippen molar-refractivity contribution in [1.29, 1.82) is 0 Å². The first-order valence-electron chi connectivity index (χ1n) is 11.9. The van der Waals surface area contributed by atoms with E-state index in [0.717, 1.165) is 59.0 Å². The van der Waals surface area contributed by atoms with Crippen LogP contribution >= 0.6 is 0 Å². The van der Waals surface area contributed by atoms with Crippen LogP contribution in [0.1, 0.15) is 52.9 Å². The van der Waals surface area contributed by atoms with E-state index in [0.29, 0.717) is 12.1 Å². The minimum absolute atomic E-state index is 0.00383. The van der Waals surface area contributed by atoms with Crippen molar-refractivity contribution in [3.05, 3.63) is 95.3 Å². The number of amides is 1. The minimum Gasteiger partial charge on any atom is -0.392 e. The molecule has 2 atom stereocenters. The second kappa shape index (κ2) is 9.79. The summed E-state index contributed by atoms with van der Waals surface area (Å²) < 4.78 is 1.74. The van der Waals surface area contributed by atoms with Crippen molar-refractivity contribution in [2.45, 2.75) is 50.9 Å². The summed E-state index contributed by atoms with van der Waals surface area (Å²) in [6, 6.07) is 21.7. The fourth-order valence-corrected chi connectivity index (χ4v) is 4.83. The monoisotopic (exact) mass is 455 g/mol. The predicted molar refractivity (Wildman–Crippen MR) is 132 cm³/mol. The predicted octanol–water partition coefficient (Wildman–Crippen LogP) is 4.12. The standard InChI is InChI=1S/C28H29N3O3/c32-18-21-6-1-2-7-23(21)20-13-11-19(12-14-20)16-22-17-25(30-31-15-5-9-26(22)31)28(34)29-24-8-3-4-10-27(24)33/h1-2,5-7,9,11-15,17,24,27,32-33H,3-4,8,10,16,18H2,(H,29,34)/t24-,27-/m1/s1. The molecule has 6 heteroatoms. The number of nitrogens with one attached hydrogen (secondary N) is 1. The van der Waals surface area contributed by atoms with E-state index in [4.69, 9.17) is 0 Å². The number of rotatable bonds is 6. The molecule has 2 aromatic carbocycles.